The third-order valence-electron chi connectivity index (χ3n) is 2.45. The third kappa shape index (κ3) is 1.72. The van der Waals surface area contributed by atoms with Crippen LogP contribution in [0.2, 0.25) is 0 Å². The molecule has 2 rings (SSSR count). The molecule has 0 fully saturated rings. The molecule has 2 aromatic rings. The SMILES string of the molecule is CC(CN)c1csc2ccc(Br)cc12. The first-order valence-corrected chi connectivity index (χ1v) is 6.26. The summed E-state index contributed by atoms with van der Waals surface area (Å²) in [7, 11) is 0. The minimum atomic E-state index is 0.443. The number of benzene rings is 1. The summed E-state index contributed by atoms with van der Waals surface area (Å²) in [4.78, 5) is 0. The van der Waals surface area contributed by atoms with Crippen molar-refractivity contribution in [3.05, 3.63) is 33.6 Å². The molecular formula is C11H12BrNS. The predicted molar refractivity (Wildman–Crippen MR) is 67.0 cm³/mol. The lowest BCUT2D eigenvalue weighted by molar-refractivity contribution is 0.783. The van der Waals surface area contributed by atoms with E-state index in [0.29, 0.717) is 12.5 Å². The lowest BCUT2D eigenvalue weighted by Crippen LogP contribution is -2.08. The first-order valence-electron chi connectivity index (χ1n) is 4.59. The highest BCUT2D eigenvalue weighted by Crippen LogP contribution is 2.32. The number of halogens is 1. The molecule has 3 heteroatoms. The van der Waals surface area contributed by atoms with E-state index in [9.17, 15) is 0 Å². The Balaban J connectivity index is 2.61. The molecule has 0 radical (unpaired) electrons. The van der Waals surface area contributed by atoms with Crippen molar-refractivity contribution in [1.82, 2.24) is 0 Å². The van der Waals surface area contributed by atoms with E-state index >= 15 is 0 Å². The third-order valence-corrected chi connectivity index (χ3v) is 3.92. The number of hydrogen-bond donors (Lipinski definition) is 1. The van der Waals surface area contributed by atoms with E-state index in [-0.39, 0.29) is 0 Å². The Bertz CT molecular complexity index is 449. The van der Waals surface area contributed by atoms with E-state index in [1.807, 2.05) is 0 Å². The number of nitrogens with two attached hydrogens (primary N) is 1. The Morgan fingerprint density at radius 1 is 1.50 bits per heavy atom. The quantitative estimate of drug-likeness (QED) is 0.884. The summed E-state index contributed by atoms with van der Waals surface area (Å²) in [5.74, 6) is 0.443. The van der Waals surface area contributed by atoms with Crippen molar-refractivity contribution in [2.45, 2.75) is 12.8 Å². The predicted octanol–water partition coefficient (Wildman–Crippen LogP) is 3.73. The summed E-state index contributed by atoms with van der Waals surface area (Å²) in [5, 5.41) is 3.55. The summed E-state index contributed by atoms with van der Waals surface area (Å²) in [6.45, 7) is 2.88. The highest BCUT2D eigenvalue weighted by atomic mass is 79.9. The van der Waals surface area contributed by atoms with Crippen molar-refractivity contribution in [1.29, 1.82) is 0 Å². The van der Waals surface area contributed by atoms with Gasteiger partial charge in [-0.1, -0.05) is 22.9 Å². The van der Waals surface area contributed by atoms with Gasteiger partial charge in [-0.2, -0.15) is 0 Å². The van der Waals surface area contributed by atoms with Crippen LogP contribution in [-0.2, 0) is 0 Å². The highest BCUT2D eigenvalue weighted by molar-refractivity contribution is 9.10. The maximum Gasteiger partial charge on any atom is 0.0346 e. The van der Waals surface area contributed by atoms with Gasteiger partial charge in [-0.3, -0.25) is 0 Å². The second-order valence-corrected chi connectivity index (χ2v) is 5.30. The van der Waals surface area contributed by atoms with Crippen LogP contribution in [0.1, 0.15) is 18.4 Å². The van der Waals surface area contributed by atoms with E-state index in [2.05, 4.69) is 46.4 Å². The molecule has 0 aliphatic heterocycles. The standard InChI is InChI=1S/C11H12BrNS/c1-7(5-13)10-6-14-11-3-2-8(12)4-9(10)11/h2-4,6-7H,5,13H2,1H3. The van der Waals surface area contributed by atoms with Crippen molar-refractivity contribution in [2.75, 3.05) is 6.54 Å². The molecule has 0 aliphatic rings. The molecule has 2 N–H and O–H groups in total. The van der Waals surface area contributed by atoms with Gasteiger partial charge in [-0.25, -0.2) is 0 Å². The van der Waals surface area contributed by atoms with Gasteiger partial charge in [0.2, 0.25) is 0 Å². The van der Waals surface area contributed by atoms with Crippen molar-refractivity contribution >= 4 is 37.4 Å². The van der Waals surface area contributed by atoms with E-state index in [0.717, 1.165) is 4.47 Å². The van der Waals surface area contributed by atoms with Gasteiger partial charge < -0.3 is 5.73 Å². The fraction of sp³-hybridized carbons (Fsp3) is 0.273. The van der Waals surface area contributed by atoms with Crippen molar-refractivity contribution in [3.8, 4) is 0 Å². The van der Waals surface area contributed by atoms with Gasteiger partial charge in [0.1, 0.15) is 0 Å². The fourth-order valence-electron chi connectivity index (χ4n) is 1.53. The van der Waals surface area contributed by atoms with Crippen LogP contribution in [-0.4, -0.2) is 6.54 Å². The molecule has 0 bridgehead atoms. The maximum absolute atomic E-state index is 5.69. The van der Waals surface area contributed by atoms with E-state index < -0.39 is 0 Å². The molecule has 0 spiro atoms. The van der Waals surface area contributed by atoms with Crippen LogP contribution in [0.25, 0.3) is 10.1 Å². The van der Waals surface area contributed by atoms with E-state index in [4.69, 9.17) is 5.73 Å². The van der Waals surface area contributed by atoms with Crippen LogP contribution in [0, 0.1) is 0 Å². The minimum Gasteiger partial charge on any atom is -0.330 e. The largest absolute Gasteiger partial charge is 0.330 e. The topological polar surface area (TPSA) is 26.0 Å². The molecule has 1 aromatic heterocycles. The monoisotopic (exact) mass is 269 g/mol. The Morgan fingerprint density at radius 2 is 2.29 bits per heavy atom. The fourth-order valence-corrected chi connectivity index (χ4v) is 2.95. The summed E-state index contributed by atoms with van der Waals surface area (Å²) in [5.41, 5.74) is 7.05. The second-order valence-electron chi connectivity index (χ2n) is 3.47. The van der Waals surface area contributed by atoms with Crippen molar-refractivity contribution < 1.29 is 0 Å². The summed E-state index contributed by atoms with van der Waals surface area (Å²) >= 11 is 5.29. The van der Waals surface area contributed by atoms with Gasteiger partial charge in [0.15, 0.2) is 0 Å². The van der Waals surface area contributed by atoms with Crippen LogP contribution in [0.15, 0.2) is 28.1 Å². The molecular weight excluding hydrogens is 258 g/mol. The molecule has 0 saturated heterocycles. The number of rotatable bonds is 2. The second kappa shape index (κ2) is 4.01. The minimum absolute atomic E-state index is 0.443. The van der Waals surface area contributed by atoms with E-state index in [1.54, 1.807) is 11.3 Å². The molecule has 0 aliphatic carbocycles. The molecule has 1 nitrogen and oxygen atoms in total. The zero-order chi connectivity index (χ0) is 10.1. The lowest BCUT2D eigenvalue weighted by atomic mass is 10.0. The maximum atomic E-state index is 5.69. The first-order chi connectivity index (χ1) is 6.72. The zero-order valence-corrected chi connectivity index (χ0v) is 10.4. The molecule has 0 saturated carbocycles. The summed E-state index contributed by atoms with van der Waals surface area (Å²) < 4.78 is 2.47. The van der Waals surface area contributed by atoms with Gasteiger partial charge in [-0.15, -0.1) is 11.3 Å². The van der Waals surface area contributed by atoms with Crippen molar-refractivity contribution in [3.63, 3.8) is 0 Å². The summed E-state index contributed by atoms with van der Waals surface area (Å²) in [6.07, 6.45) is 0. The summed E-state index contributed by atoms with van der Waals surface area (Å²) in [6, 6.07) is 6.40. The molecule has 1 heterocycles. The Kier molecular flexibility index (Phi) is 2.91. The van der Waals surface area contributed by atoms with Gasteiger partial charge >= 0.3 is 0 Å². The molecule has 74 valence electrons. The molecule has 1 unspecified atom stereocenters. The van der Waals surface area contributed by atoms with Gasteiger partial charge in [0.25, 0.3) is 0 Å². The zero-order valence-electron chi connectivity index (χ0n) is 7.96. The van der Waals surface area contributed by atoms with Gasteiger partial charge in [-0.05, 0) is 47.0 Å². The number of thiophene rings is 1. The van der Waals surface area contributed by atoms with Crippen LogP contribution in [0.5, 0.6) is 0 Å². The lowest BCUT2D eigenvalue weighted by Gasteiger charge is -2.06. The molecule has 0 amide bonds. The average molecular weight is 270 g/mol. The normalized spacial score (nSPS) is 13.4. The molecule has 14 heavy (non-hydrogen) atoms. The Morgan fingerprint density at radius 3 is 3.00 bits per heavy atom. The average Bonchev–Trinajstić information content (AvgIpc) is 2.59. The van der Waals surface area contributed by atoms with Crippen LogP contribution in [0.4, 0.5) is 0 Å². The van der Waals surface area contributed by atoms with Crippen LogP contribution >= 0.6 is 27.3 Å². The van der Waals surface area contributed by atoms with Crippen LogP contribution < -0.4 is 5.73 Å². The van der Waals surface area contributed by atoms with Gasteiger partial charge in [0.05, 0.1) is 0 Å². The molecule has 1 atom stereocenters. The van der Waals surface area contributed by atoms with E-state index in [1.165, 1.54) is 15.6 Å². The number of hydrogen-bond acceptors (Lipinski definition) is 2. The Hall–Kier alpha value is -0.380. The molecule has 1 aromatic carbocycles. The smallest absolute Gasteiger partial charge is 0.0346 e. The van der Waals surface area contributed by atoms with Gasteiger partial charge in [0, 0.05) is 9.17 Å². The highest BCUT2D eigenvalue weighted by Gasteiger charge is 2.09. The first kappa shape index (κ1) is 10.1. The Labute approximate surface area is 96.1 Å². The van der Waals surface area contributed by atoms with Crippen molar-refractivity contribution in [2.24, 2.45) is 5.73 Å². The number of fused-ring (bicyclic) bond motifs is 1. The van der Waals surface area contributed by atoms with Crippen LogP contribution in [0.3, 0.4) is 0 Å².